The molecule has 0 aliphatic heterocycles. The maximum Gasteiger partial charge on any atom is 0.433 e. The first-order valence-corrected chi connectivity index (χ1v) is 3.59. The van der Waals surface area contributed by atoms with Gasteiger partial charge in [-0.25, -0.2) is 4.79 Å². The van der Waals surface area contributed by atoms with Crippen molar-refractivity contribution in [2.45, 2.75) is 13.1 Å². The van der Waals surface area contributed by atoms with Crippen LogP contribution in [0.5, 0.6) is 0 Å². The van der Waals surface area contributed by atoms with Crippen molar-refractivity contribution in [2.24, 2.45) is 7.05 Å². The van der Waals surface area contributed by atoms with Crippen LogP contribution < -0.4 is 0 Å². The van der Waals surface area contributed by atoms with Crippen LogP contribution in [-0.4, -0.2) is 20.9 Å². The summed E-state index contributed by atoms with van der Waals surface area (Å²) in [6.07, 6.45) is -4.70. The molecule has 78 valence electrons. The molecule has 0 unspecified atom stereocenters. The van der Waals surface area contributed by atoms with Crippen LogP contribution in [0.15, 0.2) is 0 Å². The first-order chi connectivity index (χ1) is 6.25. The van der Waals surface area contributed by atoms with Crippen molar-refractivity contribution in [1.82, 2.24) is 9.78 Å². The van der Waals surface area contributed by atoms with E-state index in [4.69, 9.17) is 5.11 Å². The molecule has 1 aromatic heterocycles. The molecular weight excluding hydrogens is 201 g/mol. The van der Waals surface area contributed by atoms with Crippen LogP contribution in [-0.2, 0) is 13.2 Å². The SMILES string of the molecule is Cc1nn(C)c(C(F)(F)F)c1C(=O)O. The lowest BCUT2D eigenvalue weighted by molar-refractivity contribution is -0.144. The summed E-state index contributed by atoms with van der Waals surface area (Å²) >= 11 is 0. The van der Waals surface area contributed by atoms with E-state index in [-0.39, 0.29) is 5.69 Å². The van der Waals surface area contributed by atoms with Crippen LogP contribution in [0.25, 0.3) is 0 Å². The Morgan fingerprint density at radius 2 is 2.00 bits per heavy atom. The minimum Gasteiger partial charge on any atom is -0.478 e. The van der Waals surface area contributed by atoms with Gasteiger partial charge in [-0.2, -0.15) is 18.3 Å². The molecule has 0 fully saturated rings. The van der Waals surface area contributed by atoms with Crippen molar-refractivity contribution in [3.8, 4) is 0 Å². The molecule has 4 nitrogen and oxygen atoms in total. The third-order valence-electron chi connectivity index (χ3n) is 1.70. The Morgan fingerprint density at radius 1 is 1.50 bits per heavy atom. The van der Waals surface area contributed by atoms with Gasteiger partial charge in [0.1, 0.15) is 5.56 Å². The fourth-order valence-electron chi connectivity index (χ4n) is 1.24. The van der Waals surface area contributed by atoms with Gasteiger partial charge >= 0.3 is 12.1 Å². The molecule has 1 aromatic rings. The summed E-state index contributed by atoms with van der Waals surface area (Å²) in [6, 6.07) is 0. The van der Waals surface area contributed by atoms with Gasteiger partial charge in [-0.05, 0) is 6.92 Å². The summed E-state index contributed by atoms with van der Waals surface area (Å²) < 4.78 is 37.6. The second-order valence-electron chi connectivity index (χ2n) is 2.74. The lowest BCUT2D eigenvalue weighted by Gasteiger charge is -2.07. The summed E-state index contributed by atoms with van der Waals surface area (Å²) in [6.45, 7) is 1.22. The number of carboxylic acid groups (broad SMARTS) is 1. The lowest BCUT2D eigenvalue weighted by Crippen LogP contribution is -2.16. The molecule has 0 atom stereocenters. The van der Waals surface area contributed by atoms with Gasteiger partial charge in [-0.3, -0.25) is 4.68 Å². The highest BCUT2D eigenvalue weighted by atomic mass is 19.4. The molecule has 1 heterocycles. The first kappa shape index (κ1) is 10.6. The van der Waals surface area contributed by atoms with Gasteiger partial charge in [-0.1, -0.05) is 0 Å². The van der Waals surface area contributed by atoms with Gasteiger partial charge in [0.2, 0.25) is 0 Å². The standard InChI is InChI=1S/C7H7F3N2O2/c1-3-4(6(13)14)5(7(8,9)10)12(2)11-3/h1-2H3,(H,13,14). The number of aryl methyl sites for hydroxylation is 2. The molecule has 0 saturated carbocycles. The van der Waals surface area contributed by atoms with Gasteiger partial charge in [0.05, 0.1) is 5.69 Å². The van der Waals surface area contributed by atoms with E-state index < -0.39 is 23.4 Å². The number of aromatic nitrogens is 2. The normalized spacial score (nSPS) is 11.8. The number of carboxylic acids is 1. The van der Waals surface area contributed by atoms with Crippen molar-refractivity contribution in [3.05, 3.63) is 17.0 Å². The molecule has 7 heteroatoms. The number of carbonyl (C=O) groups is 1. The number of nitrogens with zero attached hydrogens (tertiary/aromatic N) is 2. The van der Waals surface area contributed by atoms with E-state index in [0.29, 0.717) is 4.68 Å². The summed E-state index contributed by atoms with van der Waals surface area (Å²) in [5.74, 6) is -1.62. The molecule has 1 N–H and O–H groups in total. The molecule has 0 aliphatic carbocycles. The van der Waals surface area contributed by atoms with E-state index in [2.05, 4.69) is 5.10 Å². The van der Waals surface area contributed by atoms with Gasteiger partial charge in [0.15, 0.2) is 5.69 Å². The Balaban J connectivity index is 3.48. The fourth-order valence-corrected chi connectivity index (χ4v) is 1.24. The van der Waals surface area contributed by atoms with Gasteiger partial charge in [-0.15, -0.1) is 0 Å². The van der Waals surface area contributed by atoms with Crippen molar-refractivity contribution < 1.29 is 23.1 Å². The van der Waals surface area contributed by atoms with E-state index in [1.807, 2.05) is 0 Å². The van der Waals surface area contributed by atoms with E-state index >= 15 is 0 Å². The van der Waals surface area contributed by atoms with Crippen LogP contribution >= 0.6 is 0 Å². The van der Waals surface area contributed by atoms with Crippen molar-refractivity contribution >= 4 is 5.97 Å². The quantitative estimate of drug-likeness (QED) is 0.759. The second-order valence-corrected chi connectivity index (χ2v) is 2.74. The van der Waals surface area contributed by atoms with E-state index in [1.54, 1.807) is 0 Å². The van der Waals surface area contributed by atoms with Gasteiger partial charge < -0.3 is 5.11 Å². The zero-order valence-electron chi connectivity index (χ0n) is 7.38. The Hall–Kier alpha value is -1.53. The van der Waals surface area contributed by atoms with Crippen LogP contribution in [0.3, 0.4) is 0 Å². The molecular formula is C7H7F3N2O2. The predicted molar refractivity (Wildman–Crippen MR) is 39.9 cm³/mol. The summed E-state index contributed by atoms with van der Waals surface area (Å²) in [4.78, 5) is 10.5. The molecule has 0 amide bonds. The molecule has 14 heavy (non-hydrogen) atoms. The smallest absolute Gasteiger partial charge is 0.433 e. The average Bonchev–Trinajstić information content (AvgIpc) is 2.23. The van der Waals surface area contributed by atoms with Crippen molar-refractivity contribution in [3.63, 3.8) is 0 Å². The number of halogens is 3. The Bertz CT molecular complexity index is 381. The third-order valence-corrected chi connectivity index (χ3v) is 1.70. The molecule has 1 rings (SSSR count). The molecule has 0 saturated heterocycles. The largest absolute Gasteiger partial charge is 0.478 e. The zero-order valence-corrected chi connectivity index (χ0v) is 7.38. The monoisotopic (exact) mass is 208 g/mol. The van der Waals surface area contributed by atoms with Gasteiger partial charge in [0.25, 0.3) is 0 Å². The molecule has 0 spiro atoms. The summed E-state index contributed by atoms with van der Waals surface area (Å²) in [7, 11) is 1.06. The Morgan fingerprint density at radius 3 is 2.29 bits per heavy atom. The Labute approximate surface area is 77.0 Å². The molecule has 0 aliphatic rings. The summed E-state index contributed by atoms with van der Waals surface area (Å²) in [5.41, 5.74) is -2.17. The Kier molecular flexibility index (Phi) is 2.26. The van der Waals surface area contributed by atoms with Crippen LogP contribution in [0.1, 0.15) is 21.7 Å². The number of rotatable bonds is 1. The molecule has 0 aromatic carbocycles. The topological polar surface area (TPSA) is 55.1 Å². The first-order valence-electron chi connectivity index (χ1n) is 3.59. The average molecular weight is 208 g/mol. The van der Waals surface area contributed by atoms with Crippen LogP contribution in [0.4, 0.5) is 13.2 Å². The highest BCUT2D eigenvalue weighted by Gasteiger charge is 2.40. The van der Waals surface area contributed by atoms with Crippen molar-refractivity contribution in [2.75, 3.05) is 0 Å². The zero-order chi connectivity index (χ0) is 11.1. The van der Waals surface area contributed by atoms with Crippen LogP contribution in [0.2, 0.25) is 0 Å². The number of alkyl halides is 3. The van der Waals surface area contributed by atoms with Gasteiger partial charge in [0, 0.05) is 7.05 Å². The minimum absolute atomic E-state index is 0.146. The number of hydrogen-bond acceptors (Lipinski definition) is 2. The number of hydrogen-bond donors (Lipinski definition) is 1. The predicted octanol–water partition coefficient (Wildman–Crippen LogP) is 1.45. The highest BCUT2D eigenvalue weighted by Crippen LogP contribution is 2.32. The minimum atomic E-state index is -4.70. The highest BCUT2D eigenvalue weighted by molar-refractivity contribution is 5.90. The molecule has 0 radical (unpaired) electrons. The van der Waals surface area contributed by atoms with E-state index in [0.717, 1.165) is 7.05 Å². The maximum absolute atomic E-state index is 12.4. The fraction of sp³-hybridized carbons (Fsp3) is 0.429. The van der Waals surface area contributed by atoms with E-state index in [1.165, 1.54) is 6.92 Å². The molecule has 0 bridgehead atoms. The van der Waals surface area contributed by atoms with E-state index in [9.17, 15) is 18.0 Å². The van der Waals surface area contributed by atoms with Crippen molar-refractivity contribution in [1.29, 1.82) is 0 Å². The number of aromatic carboxylic acids is 1. The maximum atomic E-state index is 12.4. The lowest BCUT2D eigenvalue weighted by atomic mass is 10.2. The van der Waals surface area contributed by atoms with Crippen LogP contribution in [0, 0.1) is 6.92 Å². The summed E-state index contributed by atoms with van der Waals surface area (Å²) in [5, 5.41) is 12.0. The second kappa shape index (κ2) is 3.00. The third kappa shape index (κ3) is 1.57.